The average molecular weight is 666 g/mol. The van der Waals surface area contributed by atoms with Crippen molar-refractivity contribution in [3.63, 3.8) is 0 Å². The zero-order chi connectivity index (χ0) is 34.8. The summed E-state index contributed by atoms with van der Waals surface area (Å²) in [5.74, 6) is -1.70. The number of hydrogen-bond donors (Lipinski definition) is 8. The Kier molecular flexibility index (Phi) is 13.3. The number of carbonyl (C=O) groups excluding carboxylic acids is 2. The number of amides is 2. The number of benzene rings is 2. The molecule has 13 heteroatoms. The first kappa shape index (κ1) is 36.7. The third-order valence-corrected chi connectivity index (χ3v) is 8.32. The molecule has 2 aromatic carbocycles. The number of nitrogens with zero attached hydrogens (tertiary/aromatic N) is 3. The predicted molar refractivity (Wildman–Crippen MR) is 178 cm³/mol. The lowest BCUT2D eigenvalue weighted by molar-refractivity contribution is 0.0540. The van der Waals surface area contributed by atoms with Crippen LogP contribution in [0.2, 0.25) is 0 Å². The van der Waals surface area contributed by atoms with Crippen LogP contribution >= 0.6 is 0 Å². The van der Waals surface area contributed by atoms with Crippen molar-refractivity contribution in [3.05, 3.63) is 87.2 Å². The number of aliphatic hydroxyl groups is 4. The normalized spacial score (nSPS) is 16.2. The molecule has 0 saturated heterocycles. The molecule has 48 heavy (non-hydrogen) atoms. The van der Waals surface area contributed by atoms with Crippen molar-refractivity contribution in [1.29, 1.82) is 0 Å². The maximum Gasteiger partial charge on any atom is 0.257 e. The van der Waals surface area contributed by atoms with E-state index in [0.717, 1.165) is 35.4 Å². The van der Waals surface area contributed by atoms with Crippen molar-refractivity contribution in [2.75, 3.05) is 39.4 Å². The highest BCUT2D eigenvalue weighted by Gasteiger charge is 2.22. The van der Waals surface area contributed by atoms with Gasteiger partial charge in [0.1, 0.15) is 24.0 Å². The molecule has 2 unspecified atom stereocenters. The molecule has 0 saturated carbocycles. The fourth-order valence-corrected chi connectivity index (χ4v) is 5.89. The topological polar surface area (TPSA) is 199 Å². The number of rotatable bonds is 10. The Morgan fingerprint density at radius 3 is 1.54 bits per heavy atom. The molecule has 1 aliphatic rings. The smallest absolute Gasteiger partial charge is 0.257 e. The van der Waals surface area contributed by atoms with Gasteiger partial charge in [-0.2, -0.15) is 0 Å². The Balaban J connectivity index is 1.53. The molecule has 3 aromatic rings. The van der Waals surface area contributed by atoms with Crippen molar-refractivity contribution in [1.82, 2.24) is 25.4 Å². The number of aromatic nitrogens is 1. The Labute approximate surface area is 280 Å². The van der Waals surface area contributed by atoms with Crippen LogP contribution in [0.3, 0.4) is 0 Å². The molecule has 8 N–H and O–H groups in total. The third-order valence-electron chi connectivity index (χ3n) is 8.32. The molecular weight excluding hydrogens is 618 g/mol. The Bertz CT molecular complexity index is 1460. The van der Waals surface area contributed by atoms with Gasteiger partial charge in [0.15, 0.2) is 0 Å². The Hall–Kier alpha value is -4.11. The van der Waals surface area contributed by atoms with Crippen molar-refractivity contribution in [2.24, 2.45) is 0 Å². The lowest BCUT2D eigenvalue weighted by Gasteiger charge is -2.25. The summed E-state index contributed by atoms with van der Waals surface area (Å²) in [6, 6.07) is 12.7. The second-order valence-electron chi connectivity index (χ2n) is 12.4. The summed E-state index contributed by atoms with van der Waals surface area (Å²) < 4.78 is 0. The van der Waals surface area contributed by atoms with Gasteiger partial charge in [-0.25, -0.2) is 0 Å². The Morgan fingerprint density at radius 2 is 1.15 bits per heavy atom. The van der Waals surface area contributed by atoms with E-state index in [1.807, 2.05) is 44.2 Å². The molecule has 2 heterocycles. The average Bonchev–Trinajstić information content (AvgIpc) is 3.07. The summed E-state index contributed by atoms with van der Waals surface area (Å²) in [6.07, 6.45) is 0.156. The highest BCUT2D eigenvalue weighted by atomic mass is 16.3. The predicted octanol–water partition coefficient (Wildman–Crippen LogP) is 1.07. The van der Waals surface area contributed by atoms with E-state index < -0.39 is 37.5 Å². The summed E-state index contributed by atoms with van der Waals surface area (Å²) in [6.45, 7) is 5.88. The second kappa shape index (κ2) is 17.3. The zero-order valence-electron chi connectivity index (χ0n) is 27.5. The minimum Gasteiger partial charge on any atom is -0.507 e. The number of phenols is 2. The van der Waals surface area contributed by atoms with Gasteiger partial charge in [0.25, 0.3) is 11.8 Å². The van der Waals surface area contributed by atoms with Crippen molar-refractivity contribution in [2.45, 2.75) is 65.1 Å². The highest BCUT2D eigenvalue weighted by molar-refractivity contribution is 5.98. The molecule has 2 atom stereocenters. The van der Waals surface area contributed by atoms with Crippen LogP contribution in [0, 0.1) is 13.8 Å². The molecule has 1 aromatic heterocycles. The van der Waals surface area contributed by atoms with Crippen LogP contribution in [0.4, 0.5) is 0 Å². The molecule has 13 nitrogen and oxygen atoms in total. The van der Waals surface area contributed by atoms with Crippen LogP contribution in [-0.4, -0.2) is 109 Å². The van der Waals surface area contributed by atoms with Gasteiger partial charge in [-0.1, -0.05) is 18.2 Å². The number of nitrogens with one attached hydrogen (secondary N) is 2. The van der Waals surface area contributed by atoms with Gasteiger partial charge in [0.2, 0.25) is 0 Å². The van der Waals surface area contributed by atoms with Gasteiger partial charge in [0.05, 0.1) is 24.3 Å². The molecule has 4 rings (SSSR count). The van der Waals surface area contributed by atoms with E-state index in [0.29, 0.717) is 63.2 Å². The van der Waals surface area contributed by atoms with Crippen LogP contribution < -0.4 is 10.6 Å². The lowest BCUT2D eigenvalue weighted by Crippen LogP contribution is -2.37. The van der Waals surface area contributed by atoms with Gasteiger partial charge in [-0.15, -0.1) is 0 Å². The van der Waals surface area contributed by atoms with Gasteiger partial charge >= 0.3 is 0 Å². The first-order valence-electron chi connectivity index (χ1n) is 16.2. The van der Waals surface area contributed by atoms with E-state index in [2.05, 4.69) is 20.4 Å². The van der Waals surface area contributed by atoms with E-state index in [-0.39, 0.29) is 22.6 Å². The summed E-state index contributed by atoms with van der Waals surface area (Å²) in [7, 11) is 0. The van der Waals surface area contributed by atoms with E-state index in [1.54, 1.807) is 12.1 Å². The number of aryl methyl sites for hydroxylation is 2. The maximum absolute atomic E-state index is 12.7. The molecular formula is C35H47N5O8. The standard InChI is InChI=1S/C35H47N5O8/c1-22-14-24(32(45)28(16-22)34(47)37-30(43)20-41)18-39-10-3-4-11-40(13-9-27-7-5-6-26(36-27)8-12-39)19-25-15-23(2)17-29(33(25)46)35(48)38-31(44)21-42/h5-7,14-17,30-31,41-46H,3-4,8-13,18-21H2,1-2H3,(H,37,47)(H,38,48). The van der Waals surface area contributed by atoms with Gasteiger partial charge in [0, 0.05) is 61.5 Å². The molecule has 0 fully saturated rings. The lowest BCUT2D eigenvalue weighted by atomic mass is 10.0. The molecule has 0 spiro atoms. The summed E-state index contributed by atoms with van der Waals surface area (Å²) >= 11 is 0. The molecule has 1 aliphatic heterocycles. The fraction of sp³-hybridized carbons (Fsp3) is 0.457. The first-order valence-corrected chi connectivity index (χ1v) is 16.2. The number of hydrogen-bond acceptors (Lipinski definition) is 11. The van der Waals surface area contributed by atoms with Crippen LogP contribution in [-0.2, 0) is 25.9 Å². The minimum absolute atomic E-state index is 0.0259. The van der Waals surface area contributed by atoms with Crippen molar-refractivity contribution < 1.29 is 40.2 Å². The van der Waals surface area contributed by atoms with Crippen molar-refractivity contribution >= 4 is 11.8 Å². The van der Waals surface area contributed by atoms with Crippen LogP contribution in [0.25, 0.3) is 0 Å². The Morgan fingerprint density at radius 1 is 0.729 bits per heavy atom. The van der Waals surface area contributed by atoms with E-state index in [4.69, 9.17) is 15.2 Å². The minimum atomic E-state index is -1.44. The number of phenolic OH excluding ortho intramolecular Hbond substituents is 2. The molecule has 260 valence electrons. The quantitative estimate of drug-likeness (QED) is 0.144. The van der Waals surface area contributed by atoms with Gasteiger partial charge < -0.3 is 41.3 Å². The first-order chi connectivity index (χ1) is 23.0. The fourth-order valence-electron chi connectivity index (χ4n) is 5.89. The highest BCUT2D eigenvalue weighted by Crippen LogP contribution is 2.28. The number of aromatic hydroxyl groups is 2. The van der Waals surface area contributed by atoms with Gasteiger partial charge in [-0.3, -0.25) is 24.4 Å². The molecule has 0 radical (unpaired) electrons. The number of carbonyl (C=O) groups is 2. The monoisotopic (exact) mass is 665 g/mol. The van der Waals surface area contributed by atoms with Crippen LogP contribution in [0.15, 0.2) is 42.5 Å². The molecule has 0 aliphatic carbocycles. The maximum atomic E-state index is 12.7. The molecule has 2 bridgehead atoms. The second-order valence-corrected chi connectivity index (χ2v) is 12.4. The van der Waals surface area contributed by atoms with E-state index in [9.17, 15) is 30.0 Å². The summed E-state index contributed by atoms with van der Waals surface area (Å²) in [5.41, 5.74) is 4.62. The van der Waals surface area contributed by atoms with Crippen molar-refractivity contribution in [3.8, 4) is 11.5 Å². The summed E-state index contributed by atoms with van der Waals surface area (Å²) in [5, 5.41) is 64.3. The van der Waals surface area contributed by atoms with E-state index in [1.165, 1.54) is 0 Å². The number of pyridine rings is 1. The summed E-state index contributed by atoms with van der Waals surface area (Å²) in [4.78, 5) is 34.7. The van der Waals surface area contributed by atoms with Gasteiger partial charge in [-0.05, 0) is 75.2 Å². The van der Waals surface area contributed by atoms with Crippen LogP contribution in [0.1, 0.15) is 67.2 Å². The molecule has 2 amide bonds. The van der Waals surface area contributed by atoms with E-state index >= 15 is 0 Å². The van der Waals surface area contributed by atoms with Crippen LogP contribution in [0.5, 0.6) is 11.5 Å². The largest absolute Gasteiger partial charge is 0.507 e. The SMILES string of the molecule is Cc1cc(CN2CCCCN(Cc3cc(C)cc(C(=O)NC(O)CO)c3O)CCc3cccc(n3)CC2)c(O)c(C(=O)NC(O)CO)c1. The number of aliphatic hydroxyl groups excluding tert-OH is 4. The number of fused-ring (bicyclic) bond motifs is 2. The zero-order valence-corrected chi connectivity index (χ0v) is 27.5. The third kappa shape index (κ3) is 10.2.